The van der Waals surface area contributed by atoms with Gasteiger partial charge in [-0.1, -0.05) is 42.0 Å². The molecule has 0 unspecified atom stereocenters. The van der Waals surface area contributed by atoms with E-state index >= 15 is 0 Å². The van der Waals surface area contributed by atoms with Crippen molar-refractivity contribution in [1.29, 1.82) is 0 Å². The number of benzene rings is 2. The lowest BCUT2D eigenvalue weighted by Gasteiger charge is -2.05. The largest absolute Gasteiger partial charge is 0.460 e. The molecular weight excluding hydrogens is 306 g/mol. The second-order valence-corrected chi connectivity index (χ2v) is 5.48. The summed E-state index contributed by atoms with van der Waals surface area (Å²) < 4.78 is 10.6. The molecule has 3 rings (SSSR count). The molecule has 0 bridgehead atoms. The molecule has 1 heterocycles. The highest BCUT2D eigenvalue weighted by atomic mass is 16.5. The van der Waals surface area contributed by atoms with Crippen LogP contribution in [0.1, 0.15) is 21.7 Å². The van der Waals surface area contributed by atoms with E-state index in [0.29, 0.717) is 5.58 Å². The summed E-state index contributed by atoms with van der Waals surface area (Å²) in [5.41, 5.74) is 2.61. The molecular formula is C19H17NO4. The normalized spacial score (nSPS) is 10.5. The van der Waals surface area contributed by atoms with Crippen LogP contribution in [0.4, 0.5) is 0 Å². The first-order valence-corrected chi connectivity index (χ1v) is 7.60. The third-order valence-corrected chi connectivity index (χ3v) is 3.53. The smallest absolute Gasteiger partial charge is 0.325 e. The number of carbonyl (C=O) groups is 2. The molecule has 2 aromatic carbocycles. The van der Waals surface area contributed by atoms with Gasteiger partial charge in [0, 0.05) is 5.39 Å². The fourth-order valence-corrected chi connectivity index (χ4v) is 2.30. The van der Waals surface area contributed by atoms with Crippen molar-refractivity contribution in [3.05, 3.63) is 71.5 Å². The number of ether oxygens (including phenoxy) is 1. The molecule has 0 saturated carbocycles. The highest BCUT2D eigenvalue weighted by molar-refractivity contribution is 5.97. The van der Waals surface area contributed by atoms with E-state index in [2.05, 4.69) is 5.32 Å². The zero-order valence-corrected chi connectivity index (χ0v) is 13.2. The SMILES string of the molecule is Cc1ccc2oc(C(=O)NCC(=O)OCc3ccccc3)cc2c1. The molecule has 0 aliphatic rings. The fourth-order valence-electron chi connectivity index (χ4n) is 2.30. The Morgan fingerprint density at radius 2 is 1.88 bits per heavy atom. The number of rotatable bonds is 5. The van der Waals surface area contributed by atoms with Gasteiger partial charge in [0.15, 0.2) is 5.76 Å². The zero-order valence-electron chi connectivity index (χ0n) is 13.2. The molecule has 0 radical (unpaired) electrons. The van der Waals surface area contributed by atoms with E-state index in [0.717, 1.165) is 16.5 Å². The van der Waals surface area contributed by atoms with Crippen LogP contribution in [0.5, 0.6) is 0 Å². The molecule has 0 atom stereocenters. The maximum absolute atomic E-state index is 12.1. The van der Waals surface area contributed by atoms with Gasteiger partial charge in [-0.15, -0.1) is 0 Å². The van der Waals surface area contributed by atoms with E-state index in [4.69, 9.17) is 9.15 Å². The first-order valence-electron chi connectivity index (χ1n) is 7.60. The average Bonchev–Trinajstić information content (AvgIpc) is 3.02. The molecule has 122 valence electrons. The van der Waals surface area contributed by atoms with Crippen molar-refractivity contribution >= 4 is 22.8 Å². The van der Waals surface area contributed by atoms with Gasteiger partial charge in [-0.05, 0) is 30.7 Å². The number of esters is 1. The van der Waals surface area contributed by atoms with Gasteiger partial charge in [-0.25, -0.2) is 0 Å². The summed E-state index contributed by atoms with van der Waals surface area (Å²) in [6, 6.07) is 16.7. The molecule has 0 spiro atoms. The van der Waals surface area contributed by atoms with Crippen LogP contribution >= 0.6 is 0 Å². The molecule has 0 saturated heterocycles. The quantitative estimate of drug-likeness (QED) is 0.732. The summed E-state index contributed by atoms with van der Waals surface area (Å²) in [5, 5.41) is 3.36. The van der Waals surface area contributed by atoms with E-state index in [9.17, 15) is 9.59 Å². The lowest BCUT2D eigenvalue weighted by molar-refractivity contribution is -0.143. The Balaban J connectivity index is 1.53. The number of aryl methyl sites for hydroxylation is 1. The van der Waals surface area contributed by atoms with E-state index in [-0.39, 0.29) is 18.9 Å². The van der Waals surface area contributed by atoms with Crippen LogP contribution in [0.15, 0.2) is 59.0 Å². The summed E-state index contributed by atoms with van der Waals surface area (Å²) in [6.07, 6.45) is 0. The van der Waals surface area contributed by atoms with Crippen LogP contribution in [-0.4, -0.2) is 18.4 Å². The minimum absolute atomic E-state index is 0.173. The summed E-state index contributed by atoms with van der Waals surface area (Å²) in [5.74, 6) is -0.772. The highest BCUT2D eigenvalue weighted by Gasteiger charge is 2.14. The lowest BCUT2D eigenvalue weighted by atomic mass is 10.2. The highest BCUT2D eigenvalue weighted by Crippen LogP contribution is 2.20. The standard InChI is InChI=1S/C19H17NO4/c1-13-7-8-16-15(9-13)10-17(24-16)19(22)20-11-18(21)23-12-14-5-3-2-4-6-14/h2-10H,11-12H2,1H3,(H,20,22). The van der Waals surface area contributed by atoms with Gasteiger partial charge in [0.25, 0.3) is 5.91 Å². The van der Waals surface area contributed by atoms with Gasteiger partial charge in [0.1, 0.15) is 18.7 Å². The maximum atomic E-state index is 12.1. The van der Waals surface area contributed by atoms with Gasteiger partial charge in [-0.3, -0.25) is 9.59 Å². The number of furan rings is 1. The van der Waals surface area contributed by atoms with Gasteiger partial charge < -0.3 is 14.5 Å². The van der Waals surface area contributed by atoms with E-state index in [1.165, 1.54) is 0 Å². The van der Waals surface area contributed by atoms with Crippen LogP contribution in [0, 0.1) is 6.92 Å². The summed E-state index contributed by atoms with van der Waals surface area (Å²) in [7, 11) is 0. The topological polar surface area (TPSA) is 68.5 Å². The van der Waals surface area contributed by atoms with Crippen molar-refractivity contribution in [3.8, 4) is 0 Å². The number of hydrogen-bond acceptors (Lipinski definition) is 4. The summed E-state index contributed by atoms with van der Waals surface area (Å²) in [4.78, 5) is 23.8. The van der Waals surface area contributed by atoms with E-state index < -0.39 is 11.9 Å². The van der Waals surface area contributed by atoms with E-state index in [1.54, 1.807) is 6.07 Å². The molecule has 0 aliphatic heterocycles. The van der Waals surface area contributed by atoms with Crippen LogP contribution in [0.2, 0.25) is 0 Å². The molecule has 0 fully saturated rings. The monoisotopic (exact) mass is 323 g/mol. The molecule has 5 heteroatoms. The number of hydrogen-bond donors (Lipinski definition) is 1. The van der Waals surface area contributed by atoms with Crippen LogP contribution in [0.25, 0.3) is 11.0 Å². The van der Waals surface area contributed by atoms with Crippen molar-refractivity contribution in [1.82, 2.24) is 5.32 Å². The van der Waals surface area contributed by atoms with Crippen LogP contribution < -0.4 is 5.32 Å². The van der Waals surface area contributed by atoms with Crippen LogP contribution in [-0.2, 0) is 16.1 Å². The number of carbonyl (C=O) groups excluding carboxylic acids is 2. The van der Waals surface area contributed by atoms with Crippen molar-refractivity contribution in [3.63, 3.8) is 0 Å². The van der Waals surface area contributed by atoms with Crippen molar-refractivity contribution in [2.45, 2.75) is 13.5 Å². The first kappa shape index (κ1) is 15.8. The van der Waals surface area contributed by atoms with Gasteiger partial charge >= 0.3 is 5.97 Å². The second kappa shape index (κ2) is 7.00. The van der Waals surface area contributed by atoms with Crippen molar-refractivity contribution in [2.75, 3.05) is 6.54 Å². The molecule has 1 aromatic heterocycles. The maximum Gasteiger partial charge on any atom is 0.325 e. The Morgan fingerprint density at radius 1 is 1.08 bits per heavy atom. The Hall–Kier alpha value is -3.08. The third-order valence-electron chi connectivity index (χ3n) is 3.53. The minimum atomic E-state index is -0.501. The van der Waals surface area contributed by atoms with Gasteiger partial charge in [-0.2, -0.15) is 0 Å². The van der Waals surface area contributed by atoms with Crippen LogP contribution in [0.3, 0.4) is 0 Å². The Kier molecular flexibility index (Phi) is 4.61. The summed E-state index contributed by atoms with van der Waals surface area (Å²) in [6.45, 7) is 1.94. The molecule has 3 aromatic rings. The number of nitrogens with one attached hydrogen (secondary N) is 1. The first-order chi connectivity index (χ1) is 11.6. The predicted octanol–water partition coefficient (Wildman–Crippen LogP) is 3.21. The molecule has 1 N–H and O–H groups in total. The van der Waals surface area contributed by atoms with E-state index in [1.807, 2.05) is 55.5 Å². The van der Waals surface area contributed by atoms with Crippen molar-refractivity contribution in [2.24, 2.45) is 0 Å². The molecule has 5 nitrogen and oxygen atoms in total. The Bertz CT molecular complexity index is 867. The molecule has 0 aliphatic carbocycles. The fraction of sp³-hybridized carbons (Fsp3) is 0.158. The molecule has 24 heavy (non-hydrogen) atoms. The average molecular weight is 323 g/mol. The lowest BCUT2D eigenvalue weighted by Crippen LogP contribution is -2.30. The third kappa shape index (κ3) is 3.81. The number of amides is 1. The van der Waals surface area contributed by atoms with Gasteiger partial charge in [0.2, 0.25) is 0 Å². The van der Waals surface area contributed by atoms with Gasteiger partial charge in [0.05, 0.1) is 0 Å². The molecule has 1 amide bonds. The second-order valence-electron chi connectivity index (χ2n) is 5.48. The Morgan fingerprint density at radius 3 is 2.67 bits per heavy atom. The van der Waals surface area contributed by atoms with Crippen molar-refractivity contribution < 1.29 is 18.7 Å². The Labute approximate surface area is 139 Å². The minimum Gasteiger partial charge on any atom is -0.460 e. The summed E-state index contributed by atoms with van der Waals surface area (Å²) >= 11 is 0. The predicted molar refractivity (Wildman–Crippen MR) is 89.5 cm³/mol. The zero-order chi connectivity index (χ0) is 16.9. The number of fused-ring (bicyclic) bond motifs is 1.